The third kappa shape index (κ3) is 5.39. The first-order valence-electron chi connectivity index (χ1n) is 17.7. The van der Waals surface area contributed by atoms with Crippen LogP contribution in [0.15, 0.2) is 205 Å². The van der Waals surface area contributed by atoms with Crippen LogP contribution in [0.25, 0.3) is 76.9 Å². The maximum absolute atomic E-state index is 6.36. The molecule has 0 unspecified atom stereocenters. The molecular formula is C50H33NO. The quantitative estimate of drug-likeness (QED) is 0.176. The summed E-state index contributed by atoms with van der Waals surface area (Å²) in [7, 11) is 0. The summed E-state index contributed by atoms with van der Waals surface area (Å²) in [5, 5.41) is 7.15. The Morgan fingerprint density at radius 3 is 1.52 bits per heavy atom. The zero-order valence-electron chi connectivity index (χ0n) is 28.4. The molecule has 0 aliphatic rings. The second-order valence-corrected chi connectivity index (χ2v) is 13.4. The van der Waals surface area contributed by atoms with E-state index in [1.54, 1.807) is 0 Å². The average Bonchev–Trinajstić information content (AvgIpc) is 3.59. The molecule has 0 radical (unpaired) electrons. The molecule has 1 heterocycles. The van der Waals surface area contributed by atoms with Gasteiger partial charge in [0.1, 0.15) is 11.2 Å². The topological polar surface area (TPSA) is 16.4 Å². The van der Waals surface area contributed by atoms with Crippen LogP contribution >= 0.6 is 0 Å². The molecule has 0 fully saturated rings. The van der Waals surface area contributed by atoms with E-state index >= 15 is 0 Å². The van der Waals surface area contributed by atoms with Gasteiger partial charge in [0.15, 0.2) is 0 Å². The van der Waals surface area contributed by atoms with E-state index in [9.17, 15) is 0 Å². The molecule has 10 aromatic rings. The third-order valence-corrected chi connectivity index (χ3v) is 10.2. The van der Waals surface area contributed by atoms with E-state index in [1.165, 1.54) is 54.9 Å². The highest BCUT2D eigenvalue weighted by Crippen LogP contribution is 2.40. The smallest absolute Gasteiger partial charge is 0.137 e. The molecule has 0 N–H and O–H groups in total. The van der Waals surface area contributed by atoms with Gasteiger partial charge in [0, 0.05) is 33.9 Å². The molecule has 0 saturated heterocycles. The lowest BCUT2D eigenvalue weighted by Gasteiger charge is -2.26. The Kier molecular flexibility index (Phi) is 7.18. The Bertz CT molecular complexity index is 2890. The molecular weight excluding hydrogens is 631 g/mol. The summed E-state index contributed by atoms with van der Waals surface area (Å²) in [5.41, 5.74) is 12.2. The van der Waals surface area contributed by atoms with Crippen molar-refractivity contribution in [2.24, 2.45) is 0 Å². The number of benzene rings is 9. The Morgan fingerprint density at radius 1 is 0.269 bits per heavy atom. The summed E-state index contributed by atoms with van der Waals surface area (Å²) < 4.78 is 6.36. The van der Waals surface area contributed by atoms with E-state index in [0.29, 0.717) is 0 Å². The normalized spacial score (nSPS) is 11.5. The minimum absolute atomic E-state index is 0.875. The first kappa shape index (κ1) is 30.0. The van der Waals surface area contributed by atoms with E-state index in [0.717, 1.165) is 39.0 Å². The van der Waals surface area contributed by atoms with Crippen molar-refractivity contribution in [3.05, 3.63) is 200 Å². The summed E-state index contributed by atoms with van der Waals surface area (Å²) in [6.07, 6.45) is 0. The van der Waals surface area contributed by atoms with Crippen molar-refractivity contribution in [3.63, 3.8) is 0 Å². The number of hydrogen-bond acceptors (Lipinski definition) is 2. The lowest BCUT2D eigenvalue weighted by atomic mass is 9.97. The first-order valence-corrected chi connectivity index (χ1v) is 17.7. The van der Waals surface area contributed by atoms with Gasteiger partial charge < -0.3 is 9.32 Å². The minimum atomic E-state index is 0.875. The molecule has 52 heavy (non-hydrogen) atoms. The number of rotatable bonds is 6. The molecule has 0 amide bonds. The zero-order chi connectivity index (χ0) is 34.4. The maximum atomic E-state index is 6.36. The summed E-state index contributed by atoms with van der Waals surface area (Å²) in [6.45, 7) is 0. The predicted molar refractivity (Wildman–Crippen MR) is 220 cm³/mol. The molecule has 0 aliphatic heterocycles. The van der Waals surface area contributed by atoms with Crippen molar-refractivity contribution >= 4 is 60.5 Å². The van der Waals surface area contributed by atoms with Crippen molar-refractivity contribution in [3.8, 4) is 33.4 Å². The largest absolute Gasteiger partial charge is 0.456 e. The van der Waals surface area contributed by atoms with Gasteiger partial charge in [-0.15, -0.1) is 0 Å². The minimum Gasteiger partial charge on any atom is -0.456 e. The summed E-state index contributed by atoms with van der Waals surface area (Å²) in [4.78, 5) is 2.33. The fourth-order valence-corrected chi connectivity index (χ4v) is 7.51. The van der Waals surface area contributed by atoms with Gasteiger partial charge in [0.25, 0.3) is 0 Å². The van der Waals surface area contributed by atoms with Crippen molar-refractivity contribution < 1.29 is 4.42 Å². The van der Waals surface area contributed by atoms with Gasteiger partial charge in [-0.1, -0.05) is 140 Å². The Labute approximate surface area is 302 Å². The maximum Gasteiger partial charge on any atom is 0.137 e. The van der Waals surface area contributed by atoms with Gasteiger partial charge in [-0.25, -0.2) is 0 Å². The Hall–Kier alpha value is -6.90. The van der Waals surface area contributed by atoms with E-state index < -0.39 is 0 Å². The monoisotopic (exact) mass is 663 g/mol. The molecule has 0 aliphatic carbocycles. The standard InChI is InChI=1S/C50H33NO/c1-2-8-34(9-3-1)36-22-25-44(26-23-36)51(46-28-29-48-47-12-6-7-13-49(47)52-50(48)33-46)45-27-24-39-19-21-42(31-43(39)32-45)38-16-14-37(15-17-38)41-20-18-35-10-4-5-11-40(35)30-41/h1-33H. The summed E-state index contributed by atoms with van der Waals surface area (Å²) in [6, 6.07) is 71.8. The third-order valence-electron chi connectivity index (χ3n) is 10.2. The lowest BCUT2D eigenvalue weighted by Crippen LogP contribution is -2.09. The number of para-hydroxylation sites is 1. The highest BCUT2D eigenvalue weighted by molar-refractivity contribution is 6.06. The van der Waals surface area contributed by atoms with Crippen molar-refractivity contribution in [1.29, 1.82) is 0 Å². The van der Waals surface area contributed by atoms with E-state index in [-0.39, 0.29) is 0 Å². The van der Waals surface area contributed by atoms with Crippen LogP contribution in [0.3, 0.4) is 0 Å². The van der Waals surface area contributed by atoms with Crippen LogP contribution in [-0.2, 0) is 0 Å². The highest BCUT2D eigenvalue weighted by Gasteiger charge is 2.16. The molecule has 10 rings (SSSR count). The average molecular weight is 664 g/mol. The van der Waals surface area contributed by atoms with Crippen LogP contribution in [-0.4, -0.2) is 0 Å². The van der Waals surface area contributed by atoms with E-state index in [4.69, 9.17) is 4.42 Å². The van der Waals surface area contributed by atoms with Crippen molar-refractivity contribution in [2.45, 2.75) is 0 Å². The summed E-state index contributed by atoms with van der Waals surface area (Å²) in [5.74, 6) is 0. The Morgan fingerprint density at radius 2 is 0.750 bits per heavy atom. The molecule has 0 bridgehead atoms. The molecule has 2 nitrogen and oxygen atoms in total. The molecule has 9 aromatic carbocycles. The second-order valence-electron chi connectivity index (χ2n) is 13.4. The molecule has 2 heteroatoms. The number of fused-ring (bicyclic) bond motifs is 5. The molecule has 0 spiro atoms. The molecule has 1 aromatic heterocycles. The second kappa shape index (κ2) is 12.5. The molecule has 0 saturated carbocycles. The van der Waals surface area contributed by atoms with Crippen LogP contribution in [0, 0.1) is 0 Å². The first-order chi connectivity index (χ1) is 25.7. The van der Waals surface area contributed by atoms with Crippen LogP contribution in [0.1, 0.15) is 0 Å². The van der Waals surface area contributed by atoms with Gasteiger partial charge in [-0.05, 0) is 110 Å². The number of anilines is 3. The number of furan rings is 1. The fraction of sp³-hybridized carbons (Fsp3) is 0. The lowest BCUT2D eigenvalue weighted by molar-refractivity contribution is 0.669. The van der Waals surface area contributed by atoms with Gasteiger partial charge in [0.05, 0.1) is 0 Å². The zero-order valence-corrected chi connectivity index (χ0v) is 28.4. The summed E-state index contributed by atoms with van der Waals surface area (Å²) >= 11 is 0. The van der Waals surface area contributed by atoms with Crippen LogP contribution in [0.4, 0.5) is 17.1 Å². The Balaban J connectivity index is 1.04. The molecule has 244 valence electrons. The van der Waals surface area contributed by atoms with E-state index in [2.05, 4.69) is 193 Å². The van der Waals surface area contributed by atoms with Crippen LogP contribution in [0.2, 0.25) is 0 Å². The number of hydrogen-bond donors (Lipinski definition) is 0. The van der Waals surface area contributed by atoms with Gasteiger partial charge in [-0.3, -0.25) is 0 Å². The van der Waals surface area contributed by atoms with Gasteiger partial charge in [-0.2, -0.15) is 0 Å². The van der Waals surface area contributed by atoms with Gasteiger partial charge in [0.2, 0.25) is 0 Å². The molecule has 0 atom stereocenters. The van der Waals surface area contributed by atoms with E-state index in [1.807, 2.05) is 12.1 Å². The van der Waals surface area contributed by atoms with Crippen molar-refractivity contribution in [2.75, 3.05) is 4.90 Å². The fourth-order valence-electron chi connectivity index (χ4n) is 7.51. The predicted octanol–water partition coefficient (Wildman–Crippen LogP) is 14.4. The SMILES string of the molecule is c1ccc(-c2ccc(N(c3ccc4ccc(-c5ccc(-c6ccc7ccccc7c6)cc5)cc4c3)c3ccc4c(c3)oc3ccccc34)cc2)cc1. The highest BCUT2D eigenvalue weighted by atomic mass is 16.3. The van der Waals surface area contributed by atoms with Crippen LogP contribution < -0.4 is 4.90 Å². The number of nitrogens with zero attached hydrogens (tertiary/aromatic N) is 1. The van der Waals surface area contributed by atoms with Crippen molar-refractivity contribution in [1.82, 2.24) is 0 Å². The van der Waals surface area contributed by atoms with Crippen LogP contribution in [0.5, 0.6) is 0 Å². The van der Waals surface area contributed by atoms with Gasteiger partial charge >= 0.3 is 0 Å².